The molecule has 3 fully saturated rings. The van der Waals surface area contributed by atoms with Gasteiger partial charge in [0.15, 0.2) is 0 Å². The lowest BCUT2D eigenvalue weighted by Crippen LogP contribution is -2.62. The van der Waals surface area contributed by atoms with Crippen LogP contribution in [0, 0.1) is 17.8 Å². The number of benzene rings is 1. The predicted molar refractivity (Wildman–Crippen MR) is 114 cm³/mol. The molecule has 3 aliphatic heterocycles. The van der Waals surface area contributed by atoms with Crippen LogP contribution in [0.1, 0.15) is 12.8 Å². The van der Waals surface area contributed by atoms with Gasteiger partial charge in [0, 0.05) is 50.9 Å². The molecule has 3 amide bonds. The first-order valence-electron chi connectivity index (χ1n) is 11.1. The SMILES string of the molecule is O=C(NO)[C@H]1C([C@H]2CCOC2)N(C(=O)O)CC[C@@H]1C(=O)N1CCN(c2ccccc2)CC1. The Morgan fingerprint density at radius 3 is 2.31 bits per heavy atom. The normalized spacial score (nSPS) is 28.5. The molecule has 1 aromatic carbocycles. The van der Waals surface area contributed by atoms with Crippen LogP contribution in [-0.2, 0) is 14.3 Å². The van der Waals surface area contributed by atoms with Gasteiger partial charge in [-0.15, -0.1) is 0 Å². The average Bonchev–Trinajstić information content (AvgIpc) is 3.37. The van der Waals surface area contributed by atoms with E-state index in [4.69, 9.17) is 4.74 Å². The Kier molecular flexibility index (Phi) is 6.80. The van der Waals surface area contributed by atoms with Crippen molar-refractivity contribution >= 4 is 23.6 Å². The molecule has 1 aromatic rings. The van der Waals surface area contributed by atoms with Crippen LogP contribution in [-0.4, -0.2) is 90.0 Å². The Hall–Kier alpha value is -2.85. The molecular formula is C22H30N4O6. The number of hydrogen-bond donors (Lipinski definition) is 3. The molecule has 10 heteroatoms. The molecule has 3 aliphatic rings. The number of nitrogens with one attached hydrogen (secondary N) is 1. The summed E-state index contributed by atoms with van der Waals surface area (Å²) in [5.74, 6) is -2.71. The largest absolute Gasteiger partial charge is 0.465 e. The van der Waals surface area contributed by atoms with E-state index >= 15 is 0 Å². The van der Waals surface area contributed by atoms with Crippen molar-refractivity contribution in [2.45, 2.75) is 18.9 Å². The van der Waals surface area contributed by atoms with E-state index in [1.807, 2.05) is 30.3 Å². The quantitative estimate of drug-likeness (QED) is 0.463. The zero-order valence-corrected chi connectivity index (χ0v) is 17.9. The first-order valence-corrected chi connectivity index (χ1v) is 11.1. The zero-order valence-electron chi connectivity index (χ0n) is 17.9. The first-order chi connectivity index (χ1) is 15.5. The van der Waals surface area contributed by atoms with Crippen molar-refractivity contribution in [3.8, 4) is 0 Å². The van der Waals surface area contributed by atoms with Crippen molar-refractivity contribution in [1.82, 2.24) is 15.3 Å². The highest BCUT2D eigenvalue weighted by Crippen LogP contribution is 2.38. The summed E-state index contributed by atoms with van der Waals surface area (Å²) in [6.07, 6.45) is -0.271. The van der Waals surface area contributed by atoms with Gasteiger partial charge < -0.3 is 24.5 Å². The number of piperidine rings is 1. The summed E-state index contributed by atoms with van der Waals surface area (Å²) >= 11 is 0. The summed E-state index contributed by atoms with van der Waals surface area (Å²) in [6.45, 7) is 3.41. The number of nitrogens with zero attached hydrogens (tertiary/aromatic N) is 3. The van der Waals surface area contributed by atoms with Gasteiger partial charge in [-0.05, 0) is 25.0 Å². The molecule has 1 unspecified atom stereocenters. The monoisotopic (exact) mass is 446 g/mol. The maximum atomic E-state index is 13.5. The fraction of sp³-hybridized carbons (Fsp3) is 0.591. The molecule has 0 aliphatic carbocycles. The summed E-state index contributed by atoms with van der Waals surface area (Å²) in [4.78, 5) is 43.4. The van der Waals surface area contributed by atoms with E-state index in [0.717, 1.165) is 5.69 Å². The molecule has 4 rings (SSSR count). The number of piperazine rings is 1. The van der Waals surface area contributed by atoms with Crippen LogP contribution >= 0.6 is 0 Å². The van der Waals surface area contributed by atoms with E-state index < -0.39 is 29.9 Å². The van der Waals surface area contributed by atoms with Crippen LogP contribution in [0.4, 0.5) is 10.5 Å². The summed E-state index contributed by atoms with van der Waals surface area (Å²) in [5.41, 5.74) is 2.79. The topological polar surface area (TPSA) is 123 Å². The average molecular weight is 447 g/mol. The van der Waals surface area contributed by atoms with Crippen molar-refractivity contribution in [1.29, 1.82) is 0 Å². The van der Waals surface area contributed by atoms with Gasteiger partial charge >= 0.3 is 6.09 Å². The van der Waals surface area contributed by atoms with E-state index in [1.165, 1.54) is 4.90 Å². The molecule has 4 atom stereocenters. The van der Waals surface area contributed by atoms with E-state index in [2.05, 4.69) is 4.90 Å². The van der Waals surface area contributed by atoms with Gasteiger partial charge in [-0.1, -0.05) is 18.2 Å². The zero-order chi connectivity index (χ0) is 22.7. The second-order valence-corrected chi connectivity index (χ2v) is 8.64. The highest BCUT2D eigenvalue weighted by Gasteiger charge is 2.51. The van der Waals surface area contributed by atoms with E-state index in [-0.39, 0.29) is 24.8 Å². The third-order valence-electron chi connectivity index (χ3n) is 6.98. The maximum Gasteiger partial charge on any atom is 0.407 e. The molecule has 3 saturated heterocycles. The van der Waals surface area contributed by atoms with Crippen molar-refractivity contribution < 1.29 is 29.4 Å². The number of carbonyl (C=O) groups is 3. The number of amides is 3. The van der Waals surface area contributed by atoms with Gasteiger partial charge in [-0.2, -0.15) is 0 Å². The highest BCUT2D eigenvalue weighted by atomic mass is 16.5. The van der Waals surface area contributed by atoms with Gasteiger partial charge in [-0.25, -0.2) is 10.3 Å². The highest BCUT2D eigenvalue weighted by molar-refractivity contribution is 5.89. The minimum Gasteiger partial charge on any atom is -0.465 e. The van der Waals surface area contributed by atoms with E-state index in [0.29, 0.717) is 45.8 Å². The Balaban J connectivity index is 1.51. The molecule has 10 nitrogen and oxygen atoms in total. The molecule has 0 radical (unpaired) electrons. The van der Waals surface area contributed by atoms with E-state index in [9.17, 15) is 24.7 Å². The smallest absolute Gasteiger partial charge is 0.407 e. The van der Waals surface area contributed by atoms with Crippen LogP contribution in [0.3, 0.4) is 0 Å². The number of carboxylic acid groups (broad SMARTS) is 1. The number of hydrogen-bond acceptors (Lipinski definition) is 6. The van der Waals surface area contributed by atoms with Gasteiger partial charge in [-0.3, -0.25) is 14.8 Å². The number of rotatable bonds is 4. The summed E-state index contributed by atoms with van der Waals surface area (Å²) in [6, 6.07) is 9.28. The number of likely N-dealkylation sites (tertiary alicyclic amines) is 1. The standard InChI is InChI=1S/C22H30N4O6/c27-20(23-31)18-17(6-8-26(22(29)30)19(18)15-7-13-32-14-15)21(28)25-11-9-24(10-12-25)16-4-2-1-3-5-16/h1-5,15,17-19,31H,6-14H2,(H,23,27)(H,29,30)/t15-,17-,18+,19?/m0/s1. The summed E-state index contributed by atoms with van der Waals surface area (Å²) in [5, 5.41) is 19.2. The molecule has 0 aromatic heterocycles. The molecule has 0 saturated carbocycles. The third kappa shape index (κ3) is 4.37. The Bertz CT molecular complexity index is 823. The van der Waals surface area contributed by atoms with Crippen LogP contribution in [0.25, 0.3) is 0 Å². The van der Waals surface area contributed by atoms with Crippen molar-refractivity contribution in [3.05, 3.63) is 30.3 Å². The molecule has 32 heavy (non-hydrogen) atoms. The van der Waals surface area contributed by atoms with Crippen LogP contribution in [0.5, 0.6) is 0 Å². The van der Waals surface area contributed by atoms with Gasteiger partial charge in [0.05, 0.1) is 24.5 Å². The van der Waals surface area contributed by atoms with Crippen LogP contribution < -0.4 is 10.4 Å². The number of carbonyl (C=O) groups excluding carboxylic acids is 2. The lowest BCUT2D eigenvalue weighted by atomic mass is 9.73. The second kappa shape index (κ2) is 9.74. The second-order valence-electron chi connectivity index (χ2n) is 8.64. The Labute approximate surface area is 186 Å². The fourth-order valence-electron chi connectivity index (χ4n) is 5.38. The summed E-state index contributed by atoms with van der Waals surface area (Å²) in [7, 11) is 0. The summed E-state index contributed by atoms with van der Waals surface area (Å²) < 4.78 is 5.45. The predicted octanol–water partition coefficient (Wildman–Crippen LogP) is 0.862. The number of hydroxylamine groups is 1. The number of para-hydroxylation sites is 1. The molecule has 174 valence electrons. The van der Waals surface area contributed by atoms with E-state index in [1.54, 1.807) is 10.4 Å². The number of anilines is 1. The molecule has 3 heterocycles. The van der Waals surface area contributed by atoms with Gasteiger partial charge in [0.25, 0.3) is 0 Å². The molecular weight excluding hydrogens is 416 g/mol. The molecule has 3 N–H and O–H groups in total. The van der Waals surface area contributed by atoms with Crippen molar-refractivity contribution in [2.24, 2.45) is 17.8 Å². The van der Waals surface area contributed by atoms with Crippen molar-refractivity contribution in [3.63, 3.8) is 0 Å². The molecule has 0 bridgehead atoms. The lowest BCUT2D eigenvalue weighted by molar-refractivity contribution is -0.152. The Morgan fingerprint density at radius 1 is 1.00 bits per heavy atom. The fourth-order valence-corrected chi connectivity index (χ4v) is 5.38. The van der Waals surface area contributed by atoms with Gasteiger partial charge in [0.1, 0.15) is 0 Å². The number of ether oxygens (including phenoxy) is 1. The van der Waals surface area contributed by atoms with Crippen LogP contribution in [0.15, 0.2) is 30.3 Å². The minimum absolute atomic E-state index is 0.153. The molecule has 0 spiro atoms. The maximum absolute atomic E-state index is 13.5. The first kappa shape index (κ1) is 22.3. The Morgan fingerprint density at radius 2 is 1.72 bits per heavy atom. The third-order valence-corrected chi connectivity index (χ3v) is 6.98. The van der Waals surface area contributed by atoms with Gasteiger partial charge in [0.2, 0.25) is 11.8 Å². The van der Waals surface area contributed by atoms with Crippen molar-refractivity contribution in [2.75, 3.05) is 50.8 Å². The lowest BCUT2D eigenvalue weighted by Gasteiger charge is -2.46. The van der Waals surface area contributed by atoms with Crippen LogP contribution in [0.2, 0.25) is 0 Å². The minimum atomic E-state index is -1.12.